The number of hydrogen-bond acceptors (Lipinski definition) is 4. The highest BCUT2D eigenvalue weighted by Gasteiger charge is 2.12. The SMILES string of the molecule is Cn1c(=O)[nH]c(=O)c2c1[nH]c(=S)n2CCCOc1ccccc1. The second-order valence-corrected chi connectivity index (χ2v) is 5.50. The highest BCUT2D eigenvalue weighted by Crippen LogP contribution is 2.10. The Labute approximate surface area is 136 Å². The molecule has 0 unspecified atom stereocenters. The minimum absolute atomic E-state index is 0.372. The van der Waals surface area contributed by atoms with Crippen molar-refractivity contribution in [1.29, 1.82) is 0 Å². The van der Waals surface area contributed by atoms with Crippen molar-refractivity contribution in [3.05, 3.63) is 55.9 Å². The van der Waals surface area contributed by atoms with Gasteiger partial charge in [0.2, 0.25) is 0 Å². The molecule has 0 bridgehead atoms. The second kappa shape index (κ2) is 6.25. The Morgan fingerprint density at radius 3 is 2.65 bits per heavy atom. The summed E-state index contributed by atoms with van der Waals surface area (Å²) < 4.78 is 9.07. The number of H-pyrrole nitrogens is 2. The largest absolute Gasteiger partial charge is 0.494 e. The van der Waals surface area contributed by atoms with E-state index in [1.54, 1.807) is 11.6 Å². The van der Waals surface area contributed by atoms with Gasteiger partial charge in [0.25, 0.3) is 5.56 Å². The summed E-state index contributed by atoms with van der Waals surface area (Å²) in [7, 11) is 1.58. The molecule has 3 aromatic rings. The van der Waals surface area contributed by atoms with Crippen LogP contribution in [0.3, 0.4) is 0 Å². The summed E-state index contributed by atoms with van der Waals surface area (Å²) in [6, 6.07) is 9.51. The summed E-state index contributed by atoms with van der Waals surface area (Å²) in [6.45, 7) is 1.02. The van der Waals surface area contributed by atoms with E-state index in [9.17, 15) is 9.59 Å². The molecule has 8 heteroatoms. The Hall–Kier alpha value is -2.61. The number of fused-ring (bicyclic) bond motifs is 1. The number of imidazole rings is 1. The van der Waals surface area contributed by atoms with Gasteiger partial charge >= 0.3 is 5.69 Å². The molecular formula is C15H16N4O3S. The Kier molecular flexibility index (Phi) is 4.16. The monoisotopic (exact) mass is 332 g/mol. The maximum absolute atomic E-state index is 12.1. The fourth-order valence-corrected chi connectivity index (χ4v) is 2.69. The van der Waals surface area contributed by atoms with E-state index in [0.717, 1.165) is 5.75 Å². The highest BCUT2D eigenvalue weighted by molar-refractivity contribution is 7.71. The number of benzene rings is 1. The number of rotatable bonds is 5. The van der Waals surface area contributed by atoms with Gasteiger partial charge in [-0.25, -0.2) is 4.79 Å². The normalized spacial score (nSPS) is 11.0. The van der Waals surface area contributed by atoms with E-state index in [0.29, 0.717) is 35.5 Å². The van der Waals surface area contributed by atoms with Gasteiger partial charge < -0.3 is 14.3 Å². The molecule has 0 saturated heterocycles. The van der Waals surface area contributed by atoms with Crippen molar-refractivity contribution in [2.24, 2.45) is 7.05 Å². The third-order valence-corrected chi connectivity index (χ3v) is 3.90. The summed E-state index contributed by atoms with van der Waals surface area (Å²) in [5.74, 6) is 0.801. The molecule has 0 atom stereocenters. The summed E-state index contributed by atoms with van der Waals surface area (Å²) in [4.78, 5) is 28.9. The number of ether oxygens (including phenoxy) is 1. The second-order valence-electron chi connectivity index (χ2n) is 5.11. The predicted molar refractivity (Wildman–Crippen MR) is 89.5 cm³/mol. The first-order chi connectivity index (χ1) is 11.1. The summed E-state index contributed by atoms with van der Waals surface area (Å²) in [5, 5.41) is 0. The molecule has 120 valence electrons. The molecule has 0 amide bonds. The smallest absolute Gasteiger partial charge is 0.329 e. The topological polar surface area (TPSA) is 84.8 Å². The van der Waals surface area contributed by atoms with Gasteiger partial charge in [-0.2, -0.15) is 0 Å². The quantitative estimate of drug-likeness (QED) is 0.548. The fourth-order valence-electron chi connectivity index (χ4n) is 2.41. The molecule has 0 aliphatic rings. The van der Waals surface area contributed by atoms with E-state index in [1.165, 1.54) is 4.57 Å². The molecule has 3 rings (SSSR count). The van der Waals surface area contributed by atoms with Crippen molar-refractivity contribution in [3.63, 3.8) is 0 Å². The molecule has 23 heavy (non-hydrogen) atoms. The van der Waals surface area contributed by atoms with Crippen LogP contribution in [0.25, 0.3) is 11.2 Å². The van der Waals surface area contributed by atoms with Crippen molar-refractivity contribution in [2.45, 2.75) is 13.0 Å². The lowest BCUT2D eigenvalue weighted by molar-refractivity contribution is 0.302. The molecule has 0 aliphatic heterocycles. The zero-order chi connectivity index (χ0) is 16.4. The minimum atomic E-state index is -0.474. The maximum Gasteiger partial charge on any atom is 0.329 e. The van der Waals surface area contributed by atoms with Gasteiger partial charge in [0.1, 0.15) is 11.4 Å². The highest BCUT2D eigenvalue weighted by atomic mass is 32.1. The molecule has 0 aliphatic carbocycles. The van der Waals surface area contributed by atoms with Crippen LogP contribution < -0.4 is 16.0 Å². The van der Waals surface area contributed by atoms with Crippen molar-refractivity contribution >= 4 is 23.4 Å². The van der Waals surface area contributed by atoms with E-state index in [-0.39, 0.29) is 0 Å². The average Bonchev–Trinajstić information content (AvgIpc) is 2.88. The number of nitrogens with zero attached hydrogens (tertiary/aromatic N) is 2. The first kappa shape index (κ1) is 15.3. The van der Waals surface area contributed by atoms with E-state index < -0.39 is 11.2 Å². The molecule has 1 aromatic carbocycles. The molecule has 2 heterocycles. The molecule has 7 nitrogen and oxygen atoms in total. The van der Waals surface area contributed by atoms with Crippen LogP contribution in [0, 0.1) is 4.77 Å². The minimum Gasteiger partial charge on any atom is -0.494 e. The number of para-hydroxylation sites is 1. The molecule has 0 spiro atoms. The zero-order valence-electron chi connectivity index (χ0n) is 12.5. The van der Waals surface area contributed by atoms with Crippen molar-refractivity contribution in [1.82, 2.24) is 19.1 Å². The lowest BCUT2D eigenvalue weighted by Gasteiger charge is -2.07. The predicted octanol–water partition coefficient (Wildman–Crippen LogP) is 1.55. The van der Waals surface area contributed by atoms with E-state index in [1.807, 2.05) is 30.3 Å². The van der Waals surface area contributed by atoms with Crippen LogP contribution in [0.2, 0.25) is 0 Å². The third kappa shape index (κ3) is 2.98. The molecule has 2 N–H and O–H groups in total. The van der Waals surface area contributed by atoms with E-state index in [2.05, 4.69) is 9.97 Å². The standard InChI is InChI=1S/C15H16N4O3S/c1-18-12-11(13(20)17-14(18)21)19(15(23)16-12)8-5-9-22-10-6-3-2-4-7-10/h2-4,6-7H,5,8-9H2,1H3,(H,16,23)(H,17,20,21). The molecular weight excluding hydrogens is 316 g/mol. The van der Waals surface area contributed by atoms with Crippen molar-refractivity contribution in [3.8, 4) is 5.75 Å². The van der Waals surface area contributed by atoms with Gasteiger partial charge in [-0.05, 0) is 30.8 Å². The zero-order valence-corrected chi connectivity index (χ0v) is 13.4. The Balaban J connectivity index is 1.80. The van der Waals surface area contributed by atoms with Gasteiger partial charge in [0.15, 0.2) is 10.3 Å². The van der Waals surface area contributed by atoms with Crippen LogP contribution in [-0.2, 0) is 13.6 Å². The first-order valence-electron chi connectivity index (χ1n) is 7.17. The summed E-state index contributed by atoms with van der Waals surface area (Å²) in [6.07, 6.45) is 0.679. The van der Waals surface area contributed by atoms with E-state index in [4.69, 9.17) is 17.0 Å². The number of hydrogen-bond donors (Lipinski definition) is 2. The van der Waals surface area contributed by atoms with E-state index >= 15 is 0 Å². The van der Waals surface area contributed by atoms with Crippen LogP contribution in [-0.4, -0.2) is 25.7 Å². The number of aromatic amines is 2. The van der Waals surface area contributed by atoms with Gasteiger partial charge in [0, 0.05) is 13.6 Å². The number of aromatic nitrogens is 4. The number of aryl methyl sites for hydroxylation is 2. The lowest BCUT2D eigenvalue weighted by Crippen LogP contribution is -2.29. The molecule has 0 fully saturated rings. The summed E-state index contributed by atoms with van der Waals surface area (Å²) in [5.41, 5.74) is -0.123. The molecule has 0 radical (unpaired) electrons. The Morgan fingerprint density at radius 1 is 1.17 bits per heavy atom. The van der Waals surface area contributed by atoms with Crippen LogP contribution in [0.5, 0.6) is 5.75 Å². The number of nitrogens with one attached hydrogen (secondary N) is 2. The molecule has 0 saturated carbocycles. The van der Waals surface area contributed by atoms with Gasteiger partial charge in [-0.15, -0.1) is 0 Å². The van der Waals surface area contributed by atoms with Crippen LogP contribution >= 0.6 is 12.2 Å². The van der Waals surface area contributed by atoms with Crippen LogP contribution in [0.4, 0.5) is 0 Å². The first-order valence-corrected chi connectivity index (χ1v) is 7.58. The summed E-state index contributed by atoms with van der Waals surface area (Å²) >= 11 is 5.26. The van der Waals surface area contributed by atoms with Crippen molar-refractivity contribution < 1.29 is 4.74 Å². The van der Waals surface area contributed by atoms with Crippen LogP contribution in [0.15, 0.2) is 39.9 Å². The average molecular weight is 332 g/mol. The fraction of sp³-hybridized carbons (Fsp3) is 0.267. The van der Waals surface area contributed by atoms with Crippen molar-refractivity contribution in [2.75, 3.05) is 6.61 Å². The van der Waals surface area contributed by atoms with Gasteiger partial charge in [-0.1, -0.05) is 18.2 Å². The lowest BCUT2D eigenvalue weighted by atomic mass is 10.3. The molecule has 2 aromatic heterocycles. The maximum atomic E-state index is 12.1. The Morgan fingerprint density at radius 2 is 1.91 bits per heavy atom. The van der Waals surface area contributed by atoms with Crippen LogP contribution in [0.1, 0.15) is 6.42 Å². The Bertz CT molecular complexity index is 997. The third-order valence-electron chi connectivity index (χ3n) is 3.58. The van der Waals surface area contributed by atoms with Gasteiger partial charge in [0.05, 0.1) is 6.61 Å². The van der Waals surface area contributed by atoms with Gasteiger partial charge in [-0.3, -0.25) is 14.3 Å².